The van der Waals surface area contributed by atoms with Crippen LogP contribution in [-0.2, 0) is 6.54 Å². The Balaban J connectivity index is 2.07. The molecule has 0 bridgehead atoms. The lowest BCUT2D eigenvalue weighted by molar-refractivity contribution is 0.0758. The Morgan fingerprint density at radius 1 is 1.28 bits per heavy atom. The summed E-state index contributed by atoms with van der Waals surface area (Å²) in [6, 6.07) is 8.56. The first-order valence-corrected chi connectivity index (χ1v) is 7.61. The molecule has 2 nitrogen and oxygen atoms in total. The van der Waals surface area contributed by atoms with Gasteiger partial charge in [0, 0.05) is 23.1 Å². The van der Waals surface area contributed by atoms with E-state index in [9.17, 15) is 0 Å². The van der Waals surface area contributed by atoms with Gasteiger partial charge in [-0.15, -0.1) is 0 Å². The zero-order chi connectivity index (χ0) is 13.0. The molecule has 0 unspecified atom stereocenters. The molecule has 0 atom stereocenters. The van der Waals surface area contributed by atoms with Gasteiger partial charge in [-0.3, -0.25) is 4.90 Å². The van der Waals surface area contributed by atoms with Gasteiger partial charge in [0.1, 0.15) is 0 Å². The highest BCUT2D eigenvalue weighted by Gasteiger charge is 2.34. The molecule has 0 aliphatic heterocycles. The van der Waals surface area contributed by atoms with Crippen LogP contribution in [-0.4, -0.2) is 24.0 Å². The van der Waals surface area contributed by atoms with Crippen molar-refractivity contribution in [1.82, 2.24) is 4.90 Å². The third kappa shape index (κ3) is 3.14. The van der Waals surface area contributed by atoms with Crippen LogP contribution < -0.4 is 5.73 Å². The Kier molecular flexibility index (Phi) is 4.82. The van der Waals surface area contributed by atoms with Crippen molar-refractivity contribution >= 4 is 15.9 Å². The molecule has 0 spiro atoms. The van der Waals surface area contributed by atoms with Gasteiger partial charge in [0.05, 0.1) is 0 Å². The highest BCUT2D eigenvalue weighted by atomic mass is 79.9. The molecule has 0 saturated heterocycles. The molecule has 0 heterocycles. The minimum atomic E-state index is 0.223. The molecular formula is C15H23BrN2. The number of hydrogen-bond donors (Lipinski definition) is 1. The number of hydrogen-bond acceptors (Lipinski definition) is 2. The van der Waals surface area contributed by atoms with Crippen molar-refractivity contribution in [3.63, 3.8) is 0 Å². The topological polar surface area (TPSA) is 29.3 Å². The minimum Gasteiger partial charge on any atom is -0.329 e. The first-order valence-electron chi connectivity index (χ1n) is 6.82. The average Bonchev–Trinajstić information content (AvgIpc) is 2.39. The molecule has 0 aromatic heterocycles. The Morgan fingerprint density at radius 2 is 2.00 bits per heavy atom. The predicted molar refractivity (Wildman–Crippen MR) is 80.5 cm³/mol. The molecular weight excluding hydrogens is 288 g/mol. The van der Waals surface area contributed by atoms with E-state index in [1.54, 1.807) is 0 Å². The van der Waals surface area contributed by atoms with Crippen LogP contribution in [0, 0.1) is 0 Å². The number of nitrogens with two attached hydrogens (primary N) is 1. The van der Waals surface area contributed by atoms with Crippen molar-refractivity contribution < 1.29 is 0 Å². The van der Waals surface area contributed by atoms with E-state index in [0.717, 1.165) is 17.6 Å². The average molecular weight is 311 g/mol. The highest BCUT2D eigenvalue weighted by molar-refractivity contribution is 9.10. The van der Waals surface area contributed by atoms with Gasteiger partial charge in [-0.25, -0.2) is 0 Å². The van der Waals surface area contributed by atoms with Crippen LogP contribution in [0.15, 0.2) is 28.7 Å². The second kappa shape index (κ2) is 6.18. The molecule has 1 fully saturated rings. The van der Waals surface area contributed by atoms with Gasteiger partial charge in [0.15, 0.2) is 0 Å². The summed E-state index contributed by atoms with van der Waals surface area (Å²) in [6.45, 7) is 1.76. The van der Waals surface area contributed by atoms with E-state index >= 15 is 0 Å². The fourth-order valence-corrected chi connectivity index (χ4v) is 3.48. The molecule has 3 heteroatoms. The van der Waals surface area contributed by atoms with Crippen molar-refractivity contribution in [2.24, 2.45) is 5.73 Å². The first kappa shape index (κ1) is 14.0. The quantitative estimate of drug-likeness (QED) is 0.921. The largest absolute Gasteiger partial charge is 0.329 e. The standard InChI is InChI=1S/C15H23BrN2/c1-18(11-13-6-5-7-14(16)10-13)15(12-17)8-3-2-4-9-15/h5-7,10H,2-4,8-9,11-12,17H2,1H3. The Hall–Kier alpha value is -0.380. The lowest BCUT2D eigenvalue weighted by atomic mass is 9.80. The van der Waals surface area contributed by atoms with Gasteiger partial charge >= 0.3 is 0 Å². The zero-order valence-corrected chi connectivity index (χ0v) is 12.7. The van der Waals surface area contributed by atoms with Crippen LogP contribution in [0.2, 0.25) is 0 Å². The maximum absolute atomic E-state index is 6.07. The Labute approximate surface area is 119 Å². The Bertz CT molecular complexity index is 386. The number of nitrogens with zero attached hydrogens (tertiary/aromatic N) is 1. The van der Waals surface area contributed by atoms with Crippen molar-refractivity contribution in [2.75, 3.05) is 13.6 Å². The molecule has 0 amide bonds. The summed E-state index contributed by atoms with van der Waals surface area (Å²) in [6.07, 6.45) is 6.49. The summed E-state index contributed by atoms with van der Waals surface area (Å²) < 4.78 is 1.15. The molecule has 2 N–H and O–H groups in total. The van der Waals surface area contributed by atoms with Gasteiger partial charge in [0.2, 0.25) is 0 Å². The summed E-state index contributed by atoms with van der Waals surface area (Å²) in [4.78, 5) is 2.47. The summed E-state index contributed by atoms with van der Waals surface area (Å²) in [5.41, 5.74) is 7.65. The molecule has 1 aromatic carbocycles. The molecule has 100 valence electrons. The first-order chi connectivity index (χ1) is 8.66. The van der Waals surface area contributed by atoms with E-state index in [2.05, 4.69) is 52.1 Å². The smallest absolute Gasteiger partial charge is 0.0332 e. The number of likely N-dealkylation sites (N-methyl/N-ethyl adjacent to an activating group) is 1. The van der Waals surface area contributed by atoms with E-state index in [-0.39, 0.29) is 5.54 Å². The number of halogens is 1. The van der Waals surface area contributed by atoms with Crippen LogP contribution in [0.3, 0.4) is 0 Å². The maximum Gasteiger partial charge on any atom is 0.0332 e. The third-order valence-electron chi connectivity index (χ3n) is 4.28. The zero-order valence-electron chi connectivity index (χ0n) is 11.2. The highest BCUT2D eigenvalue weighted by Crippen LogP contribution is 2.33. The normalized spacial score (nSPS) is 19.1. The van der Waals surface area contributed by atoms with Gasteiger partial charge in [-0.1, -0.05) is 47.3 Å². The van der Waals surface area contributed by atoms with Crippen molar-refractivity contribution in [3.05, 3.63) is 34.3 Å². The van der Waals surface area contributed by atoms with Crippen molar-refractivity contribution in [1.29, 1.82) is 0 Å². The fourth-order valence-electron chi connectivity index (χ4n) is 3.03. The van der Waals surface area contributed by atoms with Crippen molar-refractivity contribution in [3.8, 4) is 0 Å². The predicted octanol–water partition coefficient (Wildman–Crippen LogP) is 3.54. The van der Waals surface area contributed by atoms with Crippen molar-refractivity contribution in [2.45, 2.75) is 44.2 Å². The molecule has 1 aliphatic rings. The molecule has 2 rings (SSSR count). The van der Waals surface area contributed by atoms with Crippen LogP contribution in [0.1, 0.15) is 37.7 Å². The lowest BCUT2D eigenvalue weighted by Gasteiger charge is -2.44. The number of rotatable bonds is 4. The van der Waals surface area contributed by atoms with Crippen LogP contribution in [0.25, 0.3) is 0 Å². The van der Waals surface area contributed by atoms with Gasteiger partial charge < -0.3 is 5.73 Å². The van der Waals surface area contributed by atoms with Gasteiger partial charge in [-0.2, -0.15) is 0 Å². The van der Waals surface area contributed by atoms with Gasteiger partial charge in [-0.05, 0) is 37.6 Å². The van der Waals surface area contributed by atoms with E-state index in [0.29, 0.717) is 0 Å². The SMILES string of the molecule is CN(Cc1cccc(Br)c1)C1(CN)CCCCC1. The monoisotopic (exact) mass is 310 g/mol. The third-order valence-corrected chi connectivity index (χ3v) is 4.78. The van der Waals surface area contributed by atoms with Crippen LogP contribution in [0.4, 0.5) is 0 Å². The minimum absolute atomic E-state index is 0.223. The van der Waals surface area contributed by atoms with E-state index in [1.165, 1.54) is 37.7 Å². The summed E-state index contributed by atoms with van der Waals surface area (Å²) in [7, 11) is 2.22. The molecule has 0 radical (unpaired) electrons. The Morgan fingerprint density at radius 3 is 2.61 bits per heavy atom. The number of benzene rings is 1. The molecule has 1 aromatic rings. The summed E-state index contributed by atoms with van der Waals surface area (Å²) >= 11 is 3.54. The second-order valence-electron chi connectivity index (χ2n) is 5.48. The molecule has 1 saturated carbocycles. The summed E-state index contributed by atoms with van der Waals surface area (Å²) in [5.74, 6) is 0. The lowest BCUT2D eigenvalue weighted by Crippen LogP contribution is -2.52. The van der Waals surface area contributed by atoms with Crippen LogP contribution in [0.5, 0.6) is 0 Å². The molecule has 18 heavy (non-hydrogen) atoms. The fraction of sp³-hybridized carbons (Fsp3) is 0.600. The van der Waals surface area contributed by atoms with E-state index in [1.807, 2.05) is 0 Å². The summed E-state index contributed by atoms with van der Waals surface area (Å²) in [5, 5.41) is 0. The van der Waals surface area contributed by atoms with Gasteiger partial charge in [0.25, 0.3) is 0 Å². The maximum atomic E-state index is 6.07. The molecule has 1 aliphatic carbocycles. The van der Waals surface area contributed by atoms with E-state index < -0.39 is 0 Å². The second-order valence-corrected chi connectivity index (χ2v) is 6.39. The van der Waals surface area contributed by atoms with E-state index in [4.69, 9.17) is 5.73 Å². The van der Waals surface area contributed by atoms with Crippen LogP contribution >= 0.6 is 15.9 Å².